The van der Waals surface area contributed by atoms with Crippen LogP contribution in [0.3, 0.4) is 0 Å². The van der Waals surface area contributed by atoms with Crippen LogP contribution in [0.1, 0.15) is 11.4 Å². The van der Waals surface area contributed by atoms with E-state index in [9.17, 15) is 0 Å². The fourth-order valence-electron chi connectivity index (χ4n) is 1.02. The number of hydrogen-bond acceptors (Lipinski definition) is 5. The zero-order valence-corrected chi connectivity index (χ0v) is 7.42. The van der Waals surface area contributed by atoms with E-state index in [-0.39, 0.29) is 0 Å². The molecule has 68 valence electrons. The van der Waals surface area contributed by atoms with Gasteiger partial charge < -0.3 is 0 Å². The Morgan fingerprint density at radius 3 is 2.93 bits per heavy atom. The molecule has 0 saturated heterocycles. The van der Waals surface area contributed by atoms with Gasteiger partial charge in [-0.05, 0) is 13.0 Å². The molecule has 0 spiro atoms. The molecule has 0 bridgehead atoms. The number of hydrogen-bond donors (Lipinski definition) is 0. The minimum Gasteiger partial charge on any atom is -0.223 e. The lowest BCUT2D eigenvalue weighted by Gasteiger charge is -1.99. The molecule has 2 rings (SSSR count). The van der Waals surface area contributed by atoms with Crippen molar-refractivity contribution in [3.05, 3.63) is 30.1 Å². The molecule has 2 aromatic rings. The van der Waals surface area contributed by atoms with Gasteiger partial charge in [0.05, 0.1) is 0 Å². The van der Waals surface area contributed by atoms with E-state index in [0.29, 0.717) is 11.6 Å². The summed E-state index contributed by atoms with van der Waals surface area (Å²) in [5.41, 5.74) is 1.05. The first-order valence-electron chi connectivity index (χ1n) is 3.90. The van der Waals surface area contributed by atoms with E-state index >= 15 is 0 Å². The van der Waals surface area contributed by atoms with Crippen LogP contribution in [0.25, 0.3) is 5.95 Å². The molecule has 6 heteroatoms. The maximum atomic E-state index is 8.70. The van der Waals surface area contributed by atoms with Crippen LogP contribution in [-0.4, -0.2) is 24.7 Å². The molecule has 2 aromatic heterocycles. The smallest absolute Gasteiger partial charge is 0.223 e. The van der Waals surface area contributed by atoms with Gasteiger partial charge in [-0.25, -0.2) is 15.0 Å². The van der Waals surface area contributed by atoms with Gasteiger partial charge in [0.1, 0.15) is 24.4 Å². The summed E-state index contributed by atoms with van der Waals surface area (Å²) in [6, 6.07) is 3.57. The van der Waals surface area contributed by atoms with Crippen LogP contribution in [0.15, 0.2) is 18.7 Å². The fourth-order valence-corrected chi connectivity index (χ4v) is 1.02. The second-order valence-electron chi connectivity index (χ2n) is 2.65. The zero-order valence-electron chi connectivity index (χ0n) is 7.42. The normalized spacial score (nSPS) is 9.71. The predicted molar refractivity (Wildman–Crippen MR) is 46.4 cm³/mol. The second-order valence-corrected chi connectivity index (χ2v) is 2.65. The summed E-state index contributed by atoms with van der Waals surface area (Å²) >= 11 is 0. The Hall–Kier alpha value is -2.29. The third-order valence-corrected chi connectivity index (χ3v) is 1.58. The van der Waals surface area contributed by atoms with E-state index in [4.69, 9.17) is 5.26 Å². The summed E-state index contributed by atoms with van der Waals surface area (Å²) < 4.78 is 1.41. The highest BCUT2D eigenvalue weighted by Crippen LogP contribution is 2.02. The first-order chi connectivity index (χ1) is 6.79. The molecule has 0 saturated carbocycles. The Morgan fingerprint density at radius 1 is 1.43 bits per heavy atom. The van der Waals surface area contributed by atoms with Crippen LogP contribution in [0.5, 0.6) is 0 Å². The van der Waals surface area contributed by atoms with E-state index in [1.165, 1.54) is 17.3 Å². The second kappa shape index (κ2) is 3.22. The topological polar surface area (TPSA) is 80.3 Å². The van der Waals surface area contributed by atoms with Gasteiger partial charge in [-0.3, -0.25) is 0 Å². The number of aromatic nitrogens is 5. The van der Waals surface area contributed by atoms with Gasteiger partial charge >= 0.3 is 0 Å². The molecule has 2 heterocycles. The molecule has 0 aliphatic rings. The van der Waals surface area contributed by atoms with Crippen LogP contribution >= 0.6 is 0 Å². The average molecular weight is 186 g/mol. The highest BCUT2D eigenvalue weighted by atomic mass is 15.4. The maximum Gasteiger partial charge on any atom is 0.253 e. The Kier molecular flexibility index (Phi) is 1.91. The molecule has 0 radical (unpaired) electrons. The van der Waals surface area contributed by atoms with E-state index in [0.717, 1.165) is 5.69 Å². The highest BCUT2D eigenvalue weighted by molar-refractivity contribution is 5.26. The first-order valence-corrected chi connectivity index (χ1v) is 3.90. The van der Waals surface area contributed by atoms with Crippen LogP contribution in [0.4, 0.5) is 0 Å². The van der Waals surface area contributed by atoms with E-state index in [2.05, 4.69) is 20.1 Å². The number of nitriles is 1. The molecule has 0 atom stereocenters. The minimum atomic E-state index is 0.322. The van der Waals surface area contributed by atoms with Gasteiger partial charge in [0, 0.05) is 5.69 Å². The number of rotatable bonds is 1. The van der Waals surface area contributed by atoms with Crippen LogP contribution in [0.2, 0.25) is 0 Å². The van der Waals surface area contributed by atoms with Gasteiger partial charge in [0.2, 0.25) is 0 Å². The SMILES string of the molecule is Cc1cc(C#N)nc(-n2cncn2)n1. The lowest BCUT2D eigenvalue weighted by atomic mass is 10.3. The fraction of sp³-hybridized carbons (Fsp3) is 0.125. The molecule has 0 aliphatic carbocycles. The molecule has 14 heavy (non-hydrogen) atoms. The summed E-state index contributed by atoms with van der Waals surface area (Å²) in [7, 11) is 0. The summed E-state index contributed by atoms with van der Waals surface area (Å²) in [6.07, 6.45) is 2.87. The molecular weight excluding hydrogens is 180 g/mol. The van der Waals surface area contributed by atoms with Crippen molar-refractivity contribution in [3.8, 4) is 12.0 Å². The third-order valence-electron chi connectivity index (χ3n) is 1.58. The van der Waals surface area contributed by atoms with E-state index in [1.54, 1.807) is 13.0 Å². The minimum absolute atomic E-state index is 0.322. The summed E-state index contributed by atoms with van der Waals surface area (Å²) in [6.45, 7) is 1.79. The molecule has 0 unspecified atom stereocenters. The van der Waals surface area contributed by atoms with Crippen molar-refractivity contribution >= 4 is 0 Å². The molecule has 0 aromatic carbocycles. The van der Waals surface area contributed by atoms with Crippen molar-refractivity contribution in [2.24, 2.45) is 0 Å². The van der Waals surface area contributed by atoms with E-state index in [1.807, 2.05) is 6.07 Å². The van der Waals surface area contributed by atoms with Gasteiger partial charge in [0.15, 0.2) is 0 Å². The summed E-state index contributed by atoms with van der Waals surface area (Å²) in [4.78, 5) is 11.9. The summed E-state index contributed by atoms with van der Waals surface area (Å²) in [5, 5.41) is 12.6. The highest BCUT2D eigenvalue weighted by Gasteiger charge is 2.03. The first kappa shape index (κ1) is 8.31. The van der Waals surface area contributed by atoms with Gasteiger partial charge in [-0.2, -0.15) is 15.0 Å². The standard InChI is InChI=1S/C8H6N6/c1-6-2-7(3-9)13-8(12-6)14-5-10-4-11-14/h2,4-5H,1H3. The Labute approximate surface area is 79.9 Å². The number of aryl methyl sites for hydroxylation is 1. The summed E-state index contributed by atoms with van der Waals surface area (Å²) in [5.74, 6) is 0.360. The van der Waals surface area contributed by atoms with Crippen molar-refractivity contribution in [1.29, 1.82) is 5.26 Å². The van der Waals surface area contributed by atoms with Crippen molar-refractivity contribution in [2.75, 3.05) is 0 Å². The Morgan fingerprint density at radius 2 is 2.29 bits per heavy atom. The molecule has 0 N–H and O–H groups in total. The van der Waals surface area contributed by atoms with Gasteiger partial charge in [0.25, 0.3) is 5.95 Å². The molecule has 6 nitrogen and oxygen atoms in total. The van der Waals surface area contributed by atoms with Gasteiger partial charge in [-0.1, -0.05) is 0 Å². The third kappa shape index (κ3) is 1.43. The lowest BCUT2D eigenvalue weighted by molar-refractivity contribution is 0.796. The Balaban J connectivity index is 2.55. The van der Waals surface area contributed by atoms with Crippen molar-refractivity contribution in [1.82, 2.24) is 24.7 Å². The van der Waals surface area contributed by atoms with Crippen LogP contribution in [0, 0.1) is 18.3 Å². The zero-order chi connectivity index (χ0) is 9.97. The number of nitrogens with zero attached hydrogens (tertiary/aromatic N) is 6. The average Bonchev–Trinajstić information content (AvgIpc) is 2.69. The largest absolute Gasteiger partial charge is 0.253 e. The van der Waals surface area contributed by atoms with Crippen molar-refractivity contribution in [2.45, 2.75) is 6.92 Å². The van der Waals surface area contributed by atoms with Crippen molar-refractivity contribution in [3.63, 3.8) is 0 Å². The van der Waals surface area contributed by atoms with Gasteiger partial charge in [-0.15, -0.1) is 0 Å². The monoisotopic (exact) mass is 186 g/mol. The maximum absolute atomic E-state index is 8.70. The molecular formula is C8H6N6. The lowest BCUT2D eigenvalue weighted by Crippen LogP contribution is -2.04. The Bertz CT molecular complexity index is 481. The van der Waals surface area contributed by atoms with Crippen LogP contribution in [-0.2, 0) is 0 Å². The quantitative estimate of drug-likeness (QED) is 0.637. The van der Waals surface area contributed by atoms with E-state index < -0.39 is 0 Å². The predicted octanol–water partition coefficient (Wildman–Crippen LogP) is 0.237. The molecule has 0 aliphatic heterocycles. The van der Waals surface area contributed by atoms with Crippen LogP contribution < -0.4 is 0 Å². The van der Waals surface area contributed by atoms with Crippen molar-refractivity contribution < 1.29 is 0 Å². The molecule has 0 fully saturated rings. The molecule has 0 amide bonds.